The third-order valence-electron chi connectivity index (χ3n) is 3.92. The van der Waals surface area contributed by atoms with Gasteiger partial charge in [0.25, 0.3) is 5.91 Å². The van der Waals surface area contributed by atoms with Crippen LogP contribution in [0.2, 0.25) is 15.1 Å². The Morgan fingerprint density at radius 3 is 2.68 bits per heavy atom. The molecule has 0 unspecified atom stereocenters. The van der Waals surface area contributed by atoms with E-state index >= 15 is 0 Å². The zero-order valence-corrected chi connectivity index (χ0v) is 19.3. The molecule has 1 N–H and O–H groups in total. The number of hydrogen-bond donors (Lipinski definition) is 1. The second kappa shape index (κ2) is 10.3. The maximum Gasteiger partial charge on any atom is 0.343 e. The molecule has 1 heterocycles. The van der Waals surface area contributed by atoms with Crippen molar-refractivity contribution in [3.63, 3.8) is 0 Å². The number of rotatable bonds is 6. The largest absolute Gasteiger partial charge is 0.493 e. The number of benzene rings is 2. The van der Waals surface area contributed by atoms with Crippen molar-refractivity contribution >= 4 is 75.4 Å². The van der Waals surface area contributed by atoms with Crippen molar-refractivity contribution in [3.8, 4) is 11.5 Å². The first-order chi connectivity index (χ1) is 14.8. The monoisotopic (exact) mass is 500 g/mol. The van der Waals surface area contributed by atoms with Gasteiger partial charge in [-0.3, -0.25) is 4.79 Å². The second-order valence-corrected chi connectivity index (χ2v) is 8.18. The van der Waals surface area contributed by atoms with Crippen molar-refractivity contribution in [3.05, 3.63) is 55.9 Å². The molecule has 11 heteroatoms. The molecular weight excluding hydrogens is 487 g/mol. The number of esters is 1. The molecule has 1 fully saturated rings. The molecule has 162 valence electrons. The van der Waals surface area contributed by atoms with Gasteiger partial charge in [-0.15, -0.1) is 0 Å². The van der Waals surface area contributed by atoms with E-state index in [1.54, 1.807) is 36.4 Å². The van der Waals surface area contributed by atoms with E-state index in [0.29, 0.717) is 37.1 Å². The number of methoxy groups -OCH3 is 2. The molecule has 2 aromatic rings. The number of ether oxygens (including phenoxy) is 3. The number of amidine groups is 1. The standard InChI is InChI=1S/C20H15Cl3N2O5S/c1-28-14-7-10(6-12(22)18(14)30-9-16(26)29-2)8-15-19(27)25-20(31-15)24-13-5-3-4-11(21)17(13)23/h3-8H,9H2,1-2H3,(H,24,25,27)/b15-8+. The summed E-state index contributed by atoms with van der Waals surface area (Å²) in [4.78, 5) is 28.4. The van der Waals surface area contributed by atoms with E-state index in [1.165, 1.54) is 14.2 Å². The van der Waals surface area contributed by atoms with Crippen LogP contribution in [0.3, 0.4) is 0 Å². The van der Waals surface area contributed by atoms with Crippen LogP contribution in [0.25, 0.3) is 6.08 Å². The lowest BCUT2D eigenvalue weighted by Crippen LogP contribution is -2.19. The maximum atomic E-state index is 12.4. The number of nitrogens with zero attached hydrogens (tertiary/aromatic N) is 1. The van der Waals surface area contributed by atoms with Gasteiger partial charge in [0.2, 0.25) is 0 Å². The van der Waals surface area contributed by atoms with E-state index in [-0.39, 0.29) is 23.3 Å². The highest BCUT2D eigenvalue weighted by Gasteiger charge is 2.25. The fraction of sp³-hybridized carbons (Fsp3) is 0.150. The third kappa shape index (κ3) is 5.65. The van der Waals surface area contributed by atoms with Crippen LogP contribution in [0.5, 0.6) is 11.5 Å². The molecule has 0 spiro atoms. The molecule has 0 saturated carbocycles. The van der Waals surface area contributed by atoms with Gasteiger partial charge in [0, 0.05) is 0 Å². The summed E-state index contributed by atoms with van der Waals surface area (Å²) in [5.74, 6) is -0.401. The van der Waals surface area contributed by atoms with Crippen molar-refractivity contribution in [2.24, 2.45) is 4.99 Å². The van der Waals surface area contributed by atoms with E-state index in [9.17, 15) is 9.59 Å². The number of carbonyl (C=O) groups excluding carboxylic acids is 2. The van der Waals surface area contributed by atoms with E-state index in [2.05, 4.69) is 15.0 Å². The molecular formula is C20H15Cl3N2O5S. The van der Waals surface area contributed by atoms with Crippen LogP contribution < -0.4 is 14.8 Å². The number of thioether (sulfide) groups is 1. The molecule has 31 heavy (non-hydrogen) atoms. The second-order valence-electron chi connectivity index (χ2n) is 5.95. The Balaban J connectivity index is 1.85. The Morgan fingerprint density at radius 1 is 1.19 bits per heavy atom. The number of nitrogens with one attached hydrogen (secondary N) is 1. The first kappa shape index (κ1) is 23.3. The third-order valence-corrected chi connectivity index (χ3v) is 5.92. The minimum Gasteiger partial charge on any atom is -0.493 e. The summed E-state index contributed by atoms with van der Waals surface area (Å²) < 4.78 is 15.2. The van der Waals surface area contributed by atoms with E-state index < -0.39 is 5.97 Å². The lowest BCUT2D eigenvalue weighted by molar-refractivity contribution is -0.142. The molecule has 0 aliphatic carbocycles. The highest BCUT2D eigenvalue weighted by Crippen LogP contribution is 2.38. The quantitative estimate of drug-likeness (QED) is 0.438. The zero-order chi connectivity index (χ0) is 22.5. The van der Waals surface area contributed by atoms with Gasteiger partial charge in [0.05, 0.1) is 39.9 Å². The molecule has 0 bridgehead atoms. The first-order valence-corrected chi connectivity index (χ1v) is 10.6. The van der Waals surface area contributed by atoms with Crippen molar-refractivity contribution in [2.75, 3.05) is 20.8 Å². The van der Waals surface area contributed by atoms with Crippen LogP contribution in [-0.2, 0) is 14.3 Å². The van der Waals surface area contributed by atoms with Crippen molar-refractivity contribution in [1.29, 1.82) is 0 Å². The van der Waals surface area contributed by atoms with Crippen LogP contribution >= 0.6 is 46.6 Å². The molecule has 7 nitrogen and oxygen atoms in total. The molecule has 0 atom stereocenters. The number of amides is 1. The maximum absolute atomic E-state index is 12.4. The van der Waals surface area contributed by atoms with Crippen LogP contribution in [0.15, 0.2) is 40.2 Å². The molecule has 3 rings (SSSR count). The first-order valence-electron chi connectivity index (χ1n) is 8.63. The number of hydrogen-bond acceptors (Lipinski definition) is 7. The highest BCUT2D eigenvalue weighted by molar-refractivity contribution is 8.18. The number of halogens is 3. The van der Waals surface area contributed by atoms with Crippen LogP contribution in [0.1, 0.15) is 5.56 Å². The SMILES string of the molecule is COC(=O)COc1c(Cl)cc(/C=C2/SC(=Nc3cccc(Cl)c3Cl)NC2=O)cc1OC. The van der Waals surface area contributed by atoms with Gasteiger partial charge in [-0.2, -0.15) is 0 Å². The van der Waals surface area contributed by atoms with Crippen molar-refractivity contribution < 1.29 is 23.8 Å². The summed E-state index contributed by atoms with van der Waals surface area (Å²) in [5, 5.41) is 3.90. The predicted octanol–water partition coefficient (Wildman–Crippen LogP) is 5.10. The fourth-order valence-corrected chi connectivity index (χ4v) is 3.92. The van der Waals surface area contributed by atoms with Crippen molar-refractivity contribution in [2.45, 2.75) is 0 Å². The Bertz CT molecular complexity index is 1100. The molecule has 1 saturated heterocycles. The van der Waals surface area contributed by atoms with Gasteiger partial charge in [-0.05, 0) is 47.7 Å². The van der Waals surface area contributed by atoms with Crippen molar-refractivity contribution in [1.82, 2.24) is 5.32 Å². The molecule has 1 amide bonds. The lowest BCUT2D eigenvalue weighted by atomic mass is 10.2. The topological polar surface area (TPSA) is 86.2 Å². The van der Waals surface area contributed by atoms with Crippen LogP contribution in [0.4, 0.5) is 5.69 Å². The molecule has 2 aromatic carbocycles. The zero-order valence-electron chi connectivity index (χ0n) is 16.2. The summed E-state index contributed by atoms with van der Waals surface area (Å²) in [6, 6.07) is 8.26. The Morgan fingerprint density at radius 2 is 1.97 bits per heavy atom. The molecule has 1 aliphatic rings. The summed E-state index contributed by atoms with van der Waals surface area (Å²) >= 11 is 19.6. The summed E-state index contributed by atoms with van der Waals surface area (Å²) in [7, 11) is 2.69. The fourth-order valence-electron chi connectivity index (χ4n) is 2.47. The lowest BCUT2D eigenvalue weighted by Gasteiger charge is -2.12. The molecule has 1 aliphatic heterocycles. The Kier molecular flexibility index (Phi) is 7.72. The molecule has 0 radical (unpaired) electrons. The van der Waals surface area contributed by atoms with Gasteiger partial charge in [-0.25, -0.2) is 9.79 Å². The van der Waals surface area contributed by atoms with Crippen LogP contribution in [-0.4, -0.2) is 37.9 Å². The van der Waals surface area contributed by atoms with Gasteiger partial charge in [0.1, 0.15) is 0 Å². The minimum atomic E-state index is -0.560. The van der Waals surface area contributed by atoms with Gasteiger partial charge < -0.3 is 19.5 Å². The minimum absolute atomic E-state index is 0.193. The van der Waals surface area contributed by atoms with Gasteiger partial charge in [-0.1, -0.05) is 40.9 Å². The Hall–Kier alpha value is -2.39. The normalized spacial score (nSPS) is 15.8. The summed E-state index contributed by atoms with van der Waals surface area (Å²) in [5.41, 5.74) is 1.03. The Labute approximate surface area is 197 Å². The van der Waals surface area contributed by atoms with Crippen LogP contribution in [0, 0.1) is 0 Å². The highest BCUT2D eigenvalue weighted by atomic mass is 35.5. The summed E-state index contributed by atoms with van der Waals surface area (Å²) in [6.45, 7) is -0.322. The number of carbonyl (C=O) groups is 2. The predicted molar refractivity (Wildman–Crippen MR) is 123 cm³/mol. The van der Waals surface area contributed by atoms with E-state index in [1.807, 2.05) is 0 Å². The number of aliphatic imine (C=N–C) groups is 1. The smallest absolute Gasteiger partial charge is 0.343 e. The average molecular weight is 502 g/mol. The summed E-state index contributed by atoms with van der Waals surface area (Å²) in [6.07, 6.45) is 1.63. The van der Waals surface area contributed by atoms with Gasteiger partial charge >= 0.3 is 5.97 Å². The average Bonchev–Trinajstić information content (AvgIpc) is 3.08. The van der Waals surface area contributed by atoms with E-state index in [4.69, 9.17) is 44.3 Å². The van der Waals surface area contributed by atoms with E-state index in [0.717, 1.165) is 11.8 Å². The molecule has 0 aromatic heterocycles. The van der Waals surface area contributed by atoms with Gasteiger partial charge in [0.15, 0.2) is 23.3 Å².